The first-order chi connectivity index (χ1) is 13.6. The van der Waals surface area contributed by atoms with Crippen LogP contribution in [0.25, 0.3) is 0 Å². The molecule has 3 fully saturated rings. The number of hydrogen-bond acceptors (Lipinski definition) is 5. The Labute approximate surface area is 168 Å². The van der Waals surface area contributed by atoms with Gasteiger partial charge in [-0.05, 0) is 87.9 Å². The maximum absolute atomic E-state index is 12.5. The van der Waals surface area contributed by atoms with E-state index in [0.29, 0.717) is 32.6 Å². The third-order valence-electron chi connectivity index (χ3n) is 6.58. The lowest BCUT2D eigenvalue weighted by molar-refractivity contribution is -0.114. The second kappa shape index (κ2) is 9.40. The topological polar surface area (TPSA) is 93.8 Å². The highest BCUT2D eigenvalue weighted by molar-refractivity contribution is 6.16. The molecule has 1 atom stereocenters. The molecule has 1 aromatic rings. The average molecular weight is 387 g/mol. The summed E-state index contributed by atoms with van der Waals surface area (Å²) in [5.41, 5.74) is 7.77. The van der Waals surface area contributed by atoms with Gasteiger partial charge in [-0.15, -0.1) is 0 Å². The fourth-order valence-corrected chi connectivity index (χ4v) is 4.86. The van der Waals surface area contributed by atoms with Crippen molar-refractivity contribution in [3.63, 3.8) is 0 Å². The molecule has 3 aliphatic carbocycles. The zero-order chi connectivity index (χ0) is 20.0. The van der Waals surface area contributed by atoms with Gasteiger partial charge in [0.15, 0.2) is 0 Å². The van der Waals surface area contributed by atoms with Gasteiger partial charge in [0.1, 0.15) is 6.23 Å². The van der Waals surface area contributed by atoms with Gasteiger partial charge in [-0.3, -0.25) is 4.79 Å². The highest BCUT2D eigenvalue weighted by Crippen LogP contribution is 2.54. The lowest BCUT2D eigenvalue weighted by atomic mass is 9.56. The number of amides is 1. The number of nitrogens with one attached hydrogen (secondary N) is 1. The first-order valence-electron chi connectivity index (χ1n) is 10.4. The van der Waals surface area contributed by atoms with Crippen molar-refractivity contribution in [2.75, 3.05) is 13.2 Å². The summed E-state index contributed by atoms with van der Waals surface area (Å²) in [6.07, 6.45) is 7.50. The van der Waals surface area contributed by atoms with Crippen LogP contribution in [0.1, 0.15) is 74.2 Å². The summed E-state index contributed by atoms with van der Waals surface area (Å²) in [5.74, 6) is -0.212. The van der Waals surface area contributed by atoms with E-state index >= 15 is 0 Å². The smallest absolute Gasteiger partial charge is 0.429 e. The summed E-state index contributed by atoms with van der Waals surface area (Å²) in [4.78, 5) is 12.5. The maximum atomic E-state index is 12.5. The molecule has 7 heteroatoms. The van der Waals surface area contributed by atoms with Crippen molar-refractivity contribution >= 4 is 13.6 Å². The Bertz CT molecular complexity index is 628. The summed E-state index contributed by atoms with van der Waals surface area (Å²) in [6.45, 7) is 3.38. The van der Waals surface area contributed by atoms with E-state index < -0.39 is 6.23 Å². The third kappa shape index (κ3) is 4.59. The van der Waals surface area contributed by atoms with Crippen LogP contribution in [0.3, 0.4) is 0 Å². The van der Waals surface area contributed by atoms with E-state index in [-0.39, 0.29) is 16.9 Å². The number of nitrogens with two attached hydrogens (primary N) is 1. The van der Waals surface area contributed by atoms with Gasteiger partial charge in [0.05, 0.1) is 5.60 Å². The molecule has 153 valence electrons. The average Bonchev–Trinajstić information content (AvgIpc) is 2.73. The van der Waals surface area contributed by atoms with E-state index in [1.165, 1.54) is 5.56 Å². The van der Waals surface area contributed by atoms with E-state index in [2.05, 4.69) is 24.4 Å². The fourth-order valence-electron chi connectivity index (χ4n) is 4.86. The maximum Gasteiger partial charge on any atom is 0.486 e. The van der Waals surface area contributed by atoms with Crippen molar-refractivity contribution in [2.24, 2.45) is 5.73 Å². The number of carbonyl (C=O) groups is 1. The molecule has 0 heterocycles. The van der Waals surface area contributed by atoms with Crippen molar-refractivity contribution in [3.8, 4) is 0 Å². The molecule has 0 spiro atoms. The van der Waals surface area contributed by atoms with Crippen molar-refractivity contribution in [3.05, 3.63) is 35.4 Å². The first-order valence-corrected chi connectivity index (χ1v) is 10.4. The Morgan fingerprint density at radius 2 is 1.86 bits per heavy atom. The van der Waals surface area contributed by atoms with Crippen LogP contribution in [0, 0.1) is 0 Å². The van der Waals surface area contributed by atoms with Crippen LogP contribution in [0.5, 0.6) is 0 Å². The van der Waals surface area contributed by atoms with Gasteiger partial charge in [0.2, 0.25) is 0 Å². The summed E-state index contributed by atoms with van der Waals surface area (Å²) in [6, 6.07) is 7.98. The Morgan fingerprint density at radius 1 is 1.21 bits per heavy atom. The summed E-state index contributed by atoms with van der Waals surface area (Å²) in [5, 5.41) is 11.7. The predicted octanol–water partition coefficient (Wildman–Crippen LogP) is 2.41. The normalized spacial score (nSPS) is 27.4. The number of rotatable bonds is 10. The van der Waals surface area contributed by atoms with Gasteiger partial charge in [0, 0.05) is 12.2 Å². The van der Waals surface area contributed by atoms with Crippen LogP contribution >= 0.6 is 0 Å². The highest BCUT2D eigenvalue weighted by Gasteiger charge is 2.49. The highest BCUT2D eigenvalue weighted by atomic mass is 16.5. The van der Waals surface area contributed by atoms with Crippen LogP contribution in [-0.2, 0) is 14.8 Å². The second-order valence-corrected chi connectivity index (χ2v) is 8.11. The Hall–Kier alpha value is -1.41. The van der Waals surface area contributed by atoms with Crippen LogP contribution < -0.4 is 11.1 Å². The minimum absolute atomic E-state index is 0.110. The molecule has 28 heavy (non-hydrogen) atoms. The van der Waals surface area contributed by atoms with Crippen molar-refractivity contribution in [1.29, 1.82) is 0 Å². The zero-order valence-corrected chi connectivity index (χ0v) is 16.8. The molecule has 0 unspecified atom stereocenters. The van der Waals surface area contributed by atoms with Crippen LogP contribution in [0.15, 0.2) is 24.3 Å². The number of fused-ring (bicyclic) bond motifs is 3. The summed E-state index contributed by atoms with van der Waals surface area (Å²) >= 11 is 0. The largest absolute Gasteiger partial charge is 0.486 e. The van der Waals surface area contributed by atoms with Crippen LogP contribution in [0.2, 0.25) is 0 Å². The van der Waals surface area contributed by atoms with Gasteiger partial charge in [-0.1, -0.05) is 12.1 Å². The molecule has 4 N–H and O–H groups in total. The number of benzene rings is 1. The van der Waals surface area contributed by atoms with Crippen LogP contribution in [0.4, 0.5) is 0 Å². The molecule has 0 aliphatic heterocycles. The minimum atomic E-state index is -0.581. The van der Waals surface area contributed by atoms with E-state index in [1.807, 2.05) is 12.1 Å². The Morgan fingerprint density at radius 3 is 2.39 bits per heavy atom. The van der Waals surface area contributed by atoms with Gasteiger partial charge in [0.25, 0.3) is 5.91 Å². The lowest BCUT2D eigenvalue weighted by Gasteiger charge is -2.53. The Balaban J connectivity index is 1.63. The molecule has 1 radical (unpaired) electrons. The standard InChI is InChI=1S/C21H32BN2O4/c1-2-27-21-12-9-20(10-13-21,11-14-21)17-7-5-16(6-8-17)19(25)24-18(28-22-26)4-3-15-23/h5-8,18,26H,2-4,9-15,23H2,1H3,(H,24,25)/t18-,20?,21?/m1/s1. The van der Waals surface area contributed by atoms with Crippen molar-refractivity contribution < 1.29 is 19.2 Å². The molecular formula is C21H32BN2O4. The first kappa shape index (κ1) is 21.3. The second-order valence-electron chi connectivity index (χ2n) is 8.11. The van der Waals surface area contributed by atoms with Crippen molar-refractivity contribution in [2.45, 2.75) is 75.5 Å². The number of hydrogen-bond donors (Lipinski definition) is 3. The van der Waals surface area contributed by atoms with Gasteiger partial charge < -0.3 is 25.5 Å². The number of ether oxygens (including phenoxy) is 1. The fraction of sp³-hybridized carbons (Fsp3) is 0.667. The van der Waals surface area contributed by atoms with Gasteiger partial charge in [-0.2, -0.15) is 0 Å². The summed E-state index contributed by atoms with van der Waals surface area (Å²) in [7, 11) is 0.609. The minimum Gasteiger partial charge on any atom is -0.429 e. The molecule has 0 saturated heterocycles. The molecular weight excluding hydrogens is 355 g/mol. The Kier molecular flexibility index (Phi) is 7.15. The number of carbonyl (C=O) groups excluding carboxylic acids is 1. The predicted molar refractivity (Wildman–Crippen MR) is 109 cm³/mol. The van der Waals surface area contributed by atoms with Crippen molar-refractivity contribution in [1.82, 2.24) is 5.32 Å². The van der Waals surface area contributed by atoms with Gasteiger partial charge >= 0.3 is 7.69 Å². The molecule has 3 saturated carbocycles. The molecule has 6 nitrogen and oxygen atoms in total. The SMILES string of the molecule is CCOC12CCC(c3ccc(C(=O)N[C@@H](CCCN)O[B]O)cc3)(CC1)CC2. The monoisotopic (exact) mass is 387 g/mol. The summed E-state index contributed by atoms with van der Waals surface area (Å²) < 4.78 is 11.1. The lowest BCUT2D eigenvalue weighted by Crippen LogP contribution is -2.49. The van der Waals surface area contributed by atoms with E-state index in [0.717, 1.165) is 45.1 Å². The molecule has 3 aliphatic rings. The van der Waals surface area contributed by atoms with Crippen LogP contribution in [-0.4, -0.2) is 43.6 Å². The van der Waals surface area contributed by atoms with Gasteiger partial charge in [-0.25, -0.2) is 0 Å². The molecule has 4 rings (SSSR count). The zero-order valence-electron chi connectivity index (χ0n) is 16.8. The van der Waals surface area contributed by atoms with E-state index in [1.54, 1.807) is 0 Å². The molecule has 0 aromatic heterocycles. The quantitative estimate of drug-likeness (QED) is 0.424. The molecule has 1 amide bonds. The van der Waals surface area contributed by atoms with E-state index in [9.17, 15) is 4.79 Å². The molecule has 1 aromatic carbocycles. The third-order valence-corrected chi connectivity index (χ3v) is 6.58. The molecule has 2 bridgehead atoms. The van der Waals surface area contributed by atoms with E-state index in [4.69, 9.17) is 20.1 Å².